The van der Waals surface area contributed by atoms with Crippen molar-refractivity contribution >= 4 is 40.6 Å². The van der Waals surface area contributed by atoms with Gasteiger partial charge in [-0.25, -0.2) is 9.78 Å². The number of alkyl halides is 6. The molecule has 1 aliphatic rings. The Labute approximate surface area is 246 Å². The van der Waals surface area contributed by atoms with Crippen LogP contribution in [0.25, 0.3) is 5.78 Å². The maximum absolute atomic E-state index is 14.1. The predicted octanol–water partition coefficient (Wildman–Crippen LogP) is 4.92. The number of fused-ring (bicyclic) bond motifs is 1. The fourth-order valence-corrected chi connectivity index (χ4v) is 4.60. The molecule has 3 aromatic rings. The van der Waals surface area contributed by atoms with E-state index >= 15 is 0 Å². The Morgan fingerprint density at radius 1 is 1.16 bits per heavy atom. The molecular formula is C25H28ClF6N7O4. The van der Waals surface area contributed by atoms with Crippen molar-refractivity contribution in [2.75, 3.05) is 32.6 Å². The number of nitrogens with zero attached hydrogens (tertiary/aromatic N) is 5. The molecule has 1 saturated heterocycles. The number of anilines is 2. The highest BCUT2D eigenvalue weighted by atomic mass is 35.5. The van der Waals surface area contributed by atoms with Crippen LogP contribution in [-0.2, 0) is 14.3 Å². The lowest BCUT2D eigenvalue weighted by atomic mass is 9.95. The molecule has 2 atom stereocenters. The highest BCUT2D eigenvalue weighted by Crippen LogP contribution is 2.39. The smallest absolute Gasteiger partial charge is 0.475 e. The quantitative estimate of drug-likeness (QED) is 0.308. The Bertz CT molecular complexity index is 1410. The van der Waals surface area contributed by atoms with Gasteiger partial charge in [-0.2, -0.15) is 35.8 Å². The number of carbonyl (C=O) groups is 2. The van der Waals surface area contributed by atoms with E-state index in [1.165, 1.54) is 49.1 Å². The molecular weight excluding hydrogens is 612 g/mol. The van der Waals surface area contributed by atoms with Gasteiger partial charge < -0.3 is 25.4 Å². The molecule has 3 heterocycles. The first-order valence-corrected chi connectivity index (χ1v) is 13.1. The number of piperidine rings is 1. The van der Waals surface area contributed by atoms with Gasteiger partial charge in [0.2, 0.25) is 11.2 Å². The van der Waals surface area contributed by atoms with Crippen molar-refractivity contribution < 1.29 is 45.8 Å². The summed E-state index contributed by atoms with van der Waals surface area (Å²) in [4.78, 5) is 30.8. The molecule has 0 bridgehead atoms. The molecule has 11 nitrogen and oxygen atoms in total. The van der Waals surface area contributed by atoms with E-state index in [1.807, 2.05) is 6.92 Å². The summed E-state index contributed by atoms with van der Waals surface area (Å²) in [5.74, 6) is -3.39. The van der Waals surface area contributed by atoms with Gasteiger partial charge >= 0.3 is 18.3 Å². The number of aromatic nitrogens is 4. The van der Waals surface area contributed by atoms with E-state index in [1.54, 1.807) is 0 Å². The van der Waals surface area contributed by atoms with Crippen LogP contribution in [0.1, 0.15) is 43.2 Å². The van der Waals surface area contributed by atoms with Crippen LogP contribution < -0.4 is 10.6 Å². The molecule has 43 heavy (non-hydrogen) atoms. The Morgan fingerprint density at radius 3 is 2.26 bits per heavy atom. The minimum Gasteiger partial charge on any atom is -0.475 e. The zero-order valence-electron chi connectivity index (χ0n) is 23.0. The second kappa shape index (κ2) is 13.7. The van der Waals surface area contributed by atoms with Crippen molar-refractivity contribution in [1.29, 1.82) is 0 Å². The van der Waals surface area contributed by atoms with Crippen molar-refractivity contribution in [1.82, 2.24) is 29.8 Å². The number of rotatable bonds is 7. The Hall–Kier alpha value is -3.70. The second-order valence-corrected chi connectivity index (χ2v) is 9.83. The first-order chi connectivity index (χ1) is 20.0. The molecule has 0 unspecified atom stereocenters. The molecule has 1 fully saturated rings. The van der Waals surface area contributed by atoms with Crippen molar-refractivity contribution in [3.8, 4) is 0 Å². The zero-order valence-corrected chi connectivity index (χ0v) is 23.8. The third kappa shape index (κ3) is 8.45. The van der Waals surface area contributed by atoms with Crippen LogP contribution in [-0.4, -0.2) is 81.1 Å². The van der Waals surface area contributed by atoms with Crippen molar-refractivity contribution in [3.05, 3.63) is 47.0 Å². The second-order valence-electron chi connectivity index (χ2n) is 9.50. The molecule has 3 N–H and O–H groups in total. The molecule has 1 amide bonds. The van der Waals surface area contributed by atoms with Gasteiger partial charge in [-0.15, -0.1) is 5.10 Å². The third-order valence-electron chi connectivity index (χ3n) is 6.60. The first kappa shape index (κ1) is 33.8. The van der Waals surface area contributed by atoms with Gasteiger partial charge in [0, 0.05) is 25.8 Å². The first-order valence-electron chi connectivity index (χ1n) is 12.7. The summed E-state index contributed by atoms with van der Waals surface area (Å²) in [7, 11) is 2.75. The Kier molecular flexibility index (Phi) is 10.8. The molecule has 0 spiro atoms. The molecule has 2 aromatic heterocycles. The Morgan fingerprint density at radius 2 is 1.74 bits per heavy atom. The van der Waals surface area contributed by atoms with Gasteiger partial charge in [-0.1, -0.05) is 12.1 Å². The number of nitrogens with one attached hydrogen (secondary N) is 2. The molecule has 18 heteroatoms. The predicted molar refractivity (Wildman–Crippen MR) is 142 cm³/mol. The van der Waals surface area contributed by atoms with E-state index < -0.39 is 42.3 Å². The molecule has 4 rings (SSSR count). The van der Waals surface area contributed by atoms with Crippen LogP contribution in [0.5, 0.6) is 0 Å². The van der Waals surface area contributed by atoms with Crippen LogP contribution in [0.15, 0.2) is 30.5 Å². The average Bonchev–Trinajstić information content (AvgIpc) is 3.32. The summed E-state index contributed by atoms with van der Waals surface area (Å²) in [6.07, 6.45) is -7.56. The van der Waals surface area contributed by atoms with Crippen molar-refractivity contribution in [3.63, 3.8) is 0 Å². The number of aliphatic carboxylic acids is 1. The highest BCUT2D eigenvalue weighted by molar-refractivity contribution is 6.28. The molecule has 0 radical (unpaired) electrons. The van der Waals surface area contributed by atoms with Gasteiger partial charge in [0.05, 0.1) is 23.7 Å². The lowest BCUT2D eigenvalue weighted by Crippen LogP contribution is -2.45. The van der Waals surface area contributed by atoms with E-state index in [0.29, 0.717) is 43.0 Å². The van der Waals surface area contributed by atoms with Crippen LogP contribution in [0.3, 0.4) is 0 Å². The number of hydrogen-bond donors (Lipinski definition) is 3. The third-order valence-corrected chi connectivity index (χ3v) is 6.76. The Balaban J connectivity index is 0.000000646. The topological polar surface area (TPSA) is 134 Å². The summed E-state index contributed by atoms with van der Waals surface area (Å²) >= 11 is 5.93. The lowest BCUT2D eigenvalue weighted by molar-refractivity contribution is -0.192. The summed E-state index contributed by atoms with van der Waals surface area (Å²) in [5.41, 5.74) is 1.60. The van der Waals surface area contributed by atoms with Gasteiger partial charge in [0.1, 0.15) is 0 Å². The number of benzene rings is 1. The van der Waals surface area contributed by atoms with E-state index in [-0.39, 0.29) is 16.6 Å². The molecule has 0 aliphatic carbocycles. The molecule has 1 aliphatic heterocycles. The fourth-order valence-electron chi connectivity index (χ4n) is 4.45. The van der Waals surface area contributed by atoms with Gasteiger partial charge in [0.25, 0.3) is 5.78 Å². The maximum atomic E-state index is 14.1. The monoisotopic (exact) mass is 639 g/mol. The largest absolute Gasteiger partial charge is 0.490 e. The number of ether oxygens (including phenoxy) is 1. The SMILES string of the molecule is CO[C@@H](C)c1c(Nc2ccc([C@H](N(C)C(=O)C3CCNCC3)C(F)(F)F)cc2)cnc2nc(Cl)nn12.O=C(O)C(F)(F)F. The number of hydrogen-bond acceptors (Lipinski definition) is 8. The summed E-state index contributed by atoms with van der Waals surface area (Å²) in [6, 6.07) is 3.73. The summed E-state index contributed by atoms with van der Waals surface area (Å²) in [6.45, 7) is 3.04. The summed E-state index contributed by atoms with van der Waals surface area (Å²) in [5, 5.41) is 17.6. The van der Waals surface area contributed by atoms with Crippen LogP contribution in [0, 0.1) is 5.92 Å². The lowest BCUT2D eigenvalue weighted by Gasteiger charge is -2.34. The van der Waals surface area contributed by atoms with Crippen LogP contribution in [0.2, 0.25) is 5.28 Å². The minimum absolute atomic E-state index is 0.0231. The molecule has 1 aromatic carbocycles. The number of methoxy groups -OCH3 is 1. The highest BCUT2D eigenvalue weighted by Gasteiger charge is 2.46. The van der Waals surface area contributed by atoms with E-state index in [4.69, 9.17) is 26.2 Å². The van der Waals surface area contributed by atoms with Crippen LogP contribution in [0.4, 0.5) is 37.7 Å². The normalized spacial score (nSPS) is 15.8. The maximum Gasteiger partial charge on any atom is 0.490 e. The van der Waals surface area contributed by atoms with Gasteiger partial charge in [-0.3, -0.25) is 4.79 Å². The molecule has 236 valence electrons. The van der Waals surface area contributed by atoms with Crippen molar-refractivity contribution in [2.45, 2.75) is 44.3 Å². The fraction of sp³-hybridized carbons (Fsp3) is 0.480. The van der Waals surface area contributed by atoms with E-state index in [9.17, 15) is 31.1 Å². The number of halogens is 7. The van der Waals surface area contributed by atoms with Crippen LogP contribution >= 0.6 is 11.6 Å². The summed E-state index contributed by atoms with van der Waals surface area (Å²) < 4.78 is 80.9. The van der Waals surface area contributed by atoms with Gasteiger partial charge in [0.15, 0.2) is 6.04 Å². The average molecular weight is 640 g/mol. The zero-order chi connectivity index (χ0) is 32.1. The number of carboxylic acid groups (broad SMARTS) is 1. The van der Waals surface area contributed by atoms with E-state index in [0.717, 1.165) is 4.90 Å². The molecule has 0 saturated carbocycles. The minimum atomic E-state index is -5.08. The number of carbonyl (C=O) groups excluding carboxylic acids is 1. The number of carboxylic acids is 1. The standard InChI is InChI=1S/C23H27ClF3N7O2.C2HF3O2/c1-13(36-3)18-17(12-29-22-31-21(24)32-34(18)22)30-16-6-4-14(5-7-16)19(23(25,26)27)33(2)20(35)15-8-10-28-11-9-15;3-2(4,5)1(6)7/h4-7,12-13,15,19,28,30H,8-11H2,1-3H3;(H,6,7)/t13-,19-;/m0./s1. The van der Waals surface area contributed by atoms with Crippen molar-refractivity contribution in [2.24, 2.45) is 5.92 Å². The van der Waals surface area contributed by atoms with Gasteiger partial charge in [-0.05, 0) is 62.2 Å². The van der Waals surface area contributed by atoms with E-state index in [2.05, 4.69) is 25.7 Å². The number of amides is 1.